The number of cyclic esters (lactones) is 1. The Morgan fingerprint density at radius 3 is 2.00 bits per heavy atom. The molecule has 0 amide bonds. The van der Waals surface area contributed by atoms with Gasteiger partial charge in [-0.2, -0.15) is 0 Å². The van der Waals surface area contributed by atoms with E-state index in [4.69, 9.17) is 27.9 Å². The Labute approximate surface area is 184 Å². The van der Waals surface area contributed by atoms with Crippen LogP contribution in [-0.2, 0) is 15.1 Å². The average molecular weight is 473 g/mol. The molecule has 0 aromatic heterocycles. The molecule has 1 fully saturated rings. The second-order valence-electron chi connectivity index (χ2n) is 7.05. The van der Waals surface area contributed by atoms with Crippen LogP contribution in [0.2, 0.25) is 10.0 Å². The zero-order valence-corrected chi connectivity index (χ0v) is 17.2. The summed E-state index contributed by atoms with van der Waals surface area (Å²) in [5.41, 5.74) is -7.62. The number of hydrogen-bond donors (Lipinski definition) is 4. The Morgan fingerprint density at radius 1 is 1.00 bits per heavy atom. The Hall–Kier alpha value is -2.72. The van der Waals surface area contributed by atoms with E-state index >= 15 is 4.39 Å². The maximum Gasteiger partial charge on any atom is 0.349 e. The molecule has 1 saturated heterocycles. The molecule has 1 aliphatic heterocycles. The van der Waals surface area contributed by atoms with Crippen LogP contribution in [-0.4, -0.2) is 50.1 Å². The number of carbonyl (C=O) groups excluding carboxylic acids is 1. The van der Waals surface area contributed by atoms with Crippen LogP contribution in [0.3, 0.4) is 0 Å². The molecule has 0 aliphatic carbocycles. The fourth-order valence-corrected chi connectivity index (χ4v) is 3.98. The fourth-order valence-electron chi connectivity index (χ4n) is 3.62. The average Bonchev–Trinajstić information content (AvgIpc) is 2.69. The van der Waals surface area contributed by atoms with Gasteiger partial charge in [0.05, 0.1) is 11.1 Å². The van der Waals surface area contributed by atoms with Gasteiger partial charge in [-0.05, 0) is 48.9 Å². The van der Waals surface area contributed by atoms with Crippen LogP contribution in [0.4, 0.5) is 4.39 Å². The van der Waals surface area contributed by atoms with E-state index in [1.54, 1.807) is 0 Å². The summed E-state index contributed by atoms with van der Waals surface area (Å²) in [5.74, 6) is -4.44. The van der Waals surface area contributed by atoms with Crippen molar-refractivity contribution < 1.29 is 43.9 Å². The number of alkyl halides is 1. The SMILES string of the molecule is C[C@]1(F)C(=O)O[C@]1(c1cc(Cl)ccc1C(=O)O)[C@H](O)[C@@H](O)c1cc(Cl)ccc1C(=O)O. The number of carbonyl (C=O) groups is 3. The minimum absolute atomic E-state index is 0.00268. The molecule has 0 unspecified atom stereocenters. The third kappa shape index (κ3) is 3.43. The number of carboxylic acids is 2. The molecule has 4 N–H and O–H groups in total. The van der Waals surface area contributed by atoms with Gasteiger partial charge in [0.25, 0.3) is 5.67 Å². The van der Waals surface area contributed by atoms with E-state index in [1.165, 1.54) is 12.1 Å². The van der Waals surface area contributed by atoms with Gasteiger partial charge in [0.1, 0.15) is 12.2 Å². The quantitative estimate of drug-likeness (QED) is 0.470. The molecule has 2 aromatic rings. The van der Waals surface area contributed by atoms with Crippen LogP contribution in [0.5, 0.6) is 0 Å². The summed E-state index contributed by atoms with van der Waals surface area (Å²) >= 11 is 11.8. The van der Waals surface area contributed by atoms with Crippen LogP contribution >= 0.6 is 23.2 Å². The first-order chi connectivity index (χ1) is 14.3. The first-order valence-electron chi connectivity index (χ1n) is 8.69. The molecule has 0 radical (unpaired) electrons. The lowest BCUT2D eigenvalue weighted by molar-refractivity contribution is -0.286. The molecule has 1 heterocycles. The molecule has 0 saturated carbocycles. The third-order valence-corrected chi connectivity index (χ3v) is 5.70. The second kappa shape index (κ2) is 7.76. The van der Waals surface area contributed by atoms with E-state index < -0.39 is 63.6 Å². The Morgan fingerprint density at radius 2 is 1.52 bits per heavy atom. The van der Waals surface area contributed by atoms with Crippen molar-refractivity contribution in [2.45, 2.75) is 30.4 Å². The number of esters is 1. The zero-order valence-electron chi connectivity index (χ0n) is 15.7. The normalized spacial score (nSPS) is 24.6. The van der Waals surface area contributed by atoms with Gasteiger partial charge < -0.3 is 25.2 Å². The van der Waals surface area contributed by atoms with Crippen molar-refractivity contribution in [3.8, 4) is 0 Å². The summed E-state index contributed by atoms with van der Waals surface area (Å²) in [5, 5.41) is 40.7. The standard InChI is InChI=1S/C20H15Cl2FO8/c1-19(23)18(30)31-20(19,13-7-9(22)3-5-11(13)17(28)29)15(25)14(24)12-6-8(21)2-4-10(12)16(26)27/h2-7,14-15,24-25H,1H3,(H,26,27)(H,28,29)/t14-,15+,19-,20+/m0/s1. The predicted molar refractivity (Wildman–Crippen MR) is 105 cm³/mol. The maximum atomic E-state index is 15.5. The zero-order chi connectivity index (χ0) is 23.3. The summed E-state index contributed by atoms with van der Waals surface area (Å²) in [7, 11) is 0. The number of ether oxygens (including phenoxy) is 1. The predicted octanol–water partition coefficient (Wildman–Crippen LogP) is 2.96. The van der Waals surface area contributed by atoms with Crippen LogP contribution in [0.1, 0.15) is 44.9 Å². The van der Waals surface area contributed by atoms with Gasteiger partial charge in [-0.1, -0.05) is 23.2 Å². The van der Waals surface area contributed by atoms with Gasteiger partial charge in [0, 0.05) is 15.6 Å². The van der Waals surface area contributed by atoms with Gasteiger partial charge in [-0.15, -0.1) is 0 Å². The fraction of sp³-hybridized carbons (Fsp3) is 0.250. The Kier molecular flexibility index (Phi) is 5.74. The van der Waals surface area contributed by atoms with Crippen LogP contribution < -0.4 is 0 Å². The molecule has 11 heteroatoms. The van der Waals surface area contributed by atoms with Crippen molar-refractivity contribution in [2.24, 2.45) is 0 Å². The van der Waals surface area contributed by atoms with E-state index in [2.05, 4.69) is 0 Å². The van der Waals surface area contributed by atoms with Gasteiger partial charge >= 0.3 is 17.9 Å². The highest BCUT2D eigenvalue weighted by molar-refractivity contribution is 6.31. The van der Waals surface area contributed by atoms with Crippen LogP contribution in [0.25, 0.3) is 0 Å². The number of hydrogen-bond acceptors (Lipinski definition) is 6. The largest absolute Gasteiger partial charge is 0.478 e. The molecule has 3 rings (SSSR count). The minimum Gasteiger partial charge on any atom is -0.478 e. The summed E-state index contributed by atoms with van der Waals surface area (Å²) in [6, 6.07) is 6.53. The van der Waals surface area contributed by atoms with Crippen LogP contribution in [0.15, 0.2) is 36.4 Å². The summed E-state index contributed by atoms with van der Waals surface area (Å²) in [6.45, 7) is 0.747. The number of benzene rings is 2. The van der Waals surface area contributed by atoms with Gasteiger partial charge in [-0.25, -0.2) is 18.8 Å². The van der Waals surface area contributed by atoms with Crippen molar-refractivity contribution in [3.05, 3.63) is 68.7 Å². The van der Waals surface area contributed by atoms with Crippen LogP contribution in [0, 0.1) is 0 Å². The van der Waals surface area contributed by atoms with Crippen molar-refractivity contribution in [3.63, 3.8) is 0 Å². The van der Waals surface area contributed by atoms with Crippen molar-refractivity contribution in [1.29, 1.82) is 0 Å². The smallest absolute Gasteiger partial charge is 0.349 e. The minimum atomic E-state index is -3.00. The van der Waals surface area contributed by atoms with Crippen molar-refractivity contribution >= 4 is 41.1 Å². The molecule has 0 bridgehead atoms. The van der Waals surface area contributed by atoms with E-state index in [1.807, 2.05) is 0 Å². The number of carboxylic acid groups (broad SMARTS) is 2. The number of aliphatic hydroxyl groups excluding tert-OH is 2. The molecule has 2 aromatic carbocycles. The molecule has 164 valence electrons. The van der Waals surface area contributed by atoms with E-state index in [-0.39, 0.29) is 10.0 Å². The molecular weight excluding hydrogens is 458 g/mol. The highest BCUT2D eigenvalue weighted by Gasteiger charge is 2.74. The van der Waals surface area contributed by atoms with E-state index in [0.717, 1.165) is 31.2 Å². The highest BCUT2D eigenvalue weighted by atomic mass is 35.5. The van der Waals surface area contributed by atoms with E-state index in [0.29, 0.717) is 0 Å². The van der Waals surface area contributed by atoms with Gasteiger partial charge in [0.2, 0.25) is 5.60 Å². The van der Waals surface area contributed by atoms with Crippen molar-refractivity contribution in [2.75, 3.05) is 0 Å². The maximum absolute atomic E-state index is 15.5. The van der Waals surface area contributed by atoms with E-state index in [9.17, 15) is 34.8 Å². The molecule has 8 nitrogen and oxygen atoms in total. The van der Waals surface area contributed by atoms with Gasteiger partial charge in [-0.3, -0.25) is 0 Å². The molecule has 1 aliphatic rings. The highest BCUT2D eigenvalue weighted by Crippen LogP contribution is 2.55. The van der Waals surface area contributed by atoms with Crippen molar-refractivity contribution in [1.82, 2.24) is 0 Å². The number of aromatic carboxylic acids is 2. The monoisotopic (exact) mass is 472 g/mol. The number of aliphatic hydroxyl groups is 2. The molecule has 31 heavy (non-hydrogen) atoms. The summed E-state index contributed by atoms with van der Waals surface area (Å²) in [4.78, 5) is 35.2. The lowest BCUT2D eigenvalue weighted by atomic mass is 9.67. The molecule has 4 atom stereocenters. The summed E-state index contributed by atoms with van der Waals surface area (Å²) in [6.07, 6.45) is -4.48. The topological polar surface area (TPSA) is 141 Å². The number of halogens is 3. The molecular formula is C20H15Cl2FO8. The van der Waals surface area contributed by atoms with Gasteiger partial charge in [0.15, 0.2) is 0 Å². The second-order valence-corrected chi connectivity index (χ2v) is 7.92. The lowest BCUT2D eigenvalue weighted by Crippen LogP contribution is -2.72. The Balaban J connectivity index is 2.25. The third-order valence-electron chi connectivity index (χ3n) is 5.22. The number of rotatable bonds is 6. The molecule has 0 spiro atoms. The first kappa shape index (κ1) is 23.0. The Bertz CT molecular complexity index is 1100. The first-order valence-corrected chi connectivity index (χ1v) is 9.44. The lowest BCUT2D eigenvalue weighted by Gasteiger charge is -2.53. The summed E-state index contributed by atoms with van der Waals surface area (Å²) < 4.78 is 20.5.